The van der Waals surface area contributed by atoms with Gasteiger partial charge in [0.05, 0.1) is 12.5 Å². The van der Waals surface area contributed by atoms with Crippen molar-refractivity contribution in [2.24, 2.45) is 5.73 Å². The average molecular weight is 594 g/mol. The van der Waals surface area contributed by atoms with Gasteiger partial charge in [0.2, 0.25) is 5.91 Å². The van der Waals surface area contributed by atoms with Gasteiger partial charge in [-0.3, -0.25) is 14.4 Å². The Morgan fingerprint density at radius 1 is 1.15 bits per heavy atom. The second kappa shape index (κ2) is 18.7. The van der Waals surface area contributed by atoms with E-state index in [0.717, 1.165) is 5.56 Å². The molecule has 1 aromatic carbocycles. The number of amides is 1. The summed E-state index contributed by atoms with van der Waals surface area (Å²) >= 11 is -0.472. The first kappa shape index (κ1) is 32.6. The molecule has 0 saturated carbocycles. The van der Waals surface area contributed by atoms with Crippen LogP contribution in [0.25, 0.3) is 12.3 Å². The fraction of sp³-hybridized carbons (Fsp3) is 0.357. The van der Waals surface area contributed by atoms with Gasteiger partial charge in [0.1, 0.15) is 5.78 Å². The Labute approximate surface area is 168 Å². The zero-order valence-corrected chi connectivity index (χ0v) is 17.8. The van der Waals surface area contributed by atoms with Crippen LogP contribution in [0.5, 0.6) is 0 Å². The number of anilines is 1. The monoisotopic (exact) mass is 593 g/mol. The van der Waals surface area contributed by atoms with E-state index in [9.17, 15) is 14.4 Å². The molecule has 0 aromatic heterocycles. The number of carbonyl (C=O) groups excluding carboxylic acids is 2. The van der Waals surface area contributed by atoms with E-state index in [0.29, 0.717) is 12.1 Å². The first-order valence-corrected chi connectivity index (χ1v) is 12.1. The van der Waals surface area contributed by atoms with Crippen LogP contribution in [0, 0.1) is 0 Å². The number of ketones is 1. The molecule has 1 atom stereocenters. The molecule has 26 heavy (non-hydrogen) atoms. The smallest absolute Gasteiger partial charge is 0.693 e. The van der Waals surface area contributed by atoms with E-state index < -0.39 is 28.5 Å². The van der Waals surface area contributed by atoms with E-state index in [1.54, 1.807) is 24.3 Å². The molecule has 1 rings (SSSR count). The summed E-state index contributed by atoms with van der Waals surface area (Å²) in [5, 5.41) is 11.1. The van der Waals surface area contributed by atoms with Crippen molar-refractivity contribution in [2.75, 3.05) is 5.32 Å². The summed E-state index contributed by atoms with van der Waals surface area (Å²) in [6.07, 6.45) is 0.187. The van der Waals surface area contributed by atoms with Crippen LogP contribution in [0.1, 0.15) is 25.3 Å². The summed E-state index contributed by atoms with van der Waals surface area (Å²) in [7, 11) is 9.75. The first-order valence-electron chi connectivity index (χ1n) is 6.49. The summed E-state index contributed by atoms with van der Waals surface area (Å²) in [5.41, 5.74) is 7.14. The second-order valence-electron chi connectivity index (χ2n) is 4.61. The molecule has 0 radical (unpaired) electrons. The molecule has 9 nitrogen and oxygen atoms in total. The molecule has 1 amide bonds. The fourth-order valence-electron chi connectivity index (χ4n) is 1.57. The first-order chi connectivity index (χ1) is 10.8. The van der Waals surface area contributed by atoms with E-state index in [1.807, 2.05) is 0 Å². The van der Waals surface area contributed by atoms with Crippen LogP contribution in [-0.4, -0.2) is 34.3 Å². The number of carboxylic acids is 1. The number of carbonyl (C=O) groups is 3. The molecule has 1 aromatic rings. The van der Waals surface area contributed by atoms with E-state index >= 15 is 0 Å². The quantitative estimate of drug-likeness (QED) is 0.434. The molecule has 0 heterocycles. The average Bonchev–Trinajstić information content (AvgIpc) is 2.48. The van der Waals surface area contributed by atoms with Gasteiger partial charge in [-0.15, -0.1) is 0 Å². The topological polar surface area (TPSA) is 208 Å². The van der Waals surface area contributed by atoms with Crippen LogP contribution in [0.3, 0.4) is 0 Å². The molecular formula is C14H24Cl2N4O5Pt. The predicted octanol–water partition coefficient (Wildman–Crippen LogP) is 2.93. The molecule has 0 unspecified atom stereocenters. The third-order valence-corrected chi connectivity index (χ3v) is 2.78. The summed E-state index contributed by atoms with van der Waals surface area (Å²) in [6.45, 7) is 1.45. The van der Waals surface area contributed by atoms with Gasteiger partial charge in [0, 0.05) is 12.1 Å². The van der Waals surface area contributed by atoms with Gasteiger partial charge in [-0.1, -0.05) is 12.1 Å². The zero-order valence-electron chi connectivity index (χ0n) is 14.0. The Balaban J connectivity index is -0.000000376. The van der Waals surface area contributed by atoms with Crippen molar-refractivity contribution in [1.29, 1.82) is 0 Å². The fourth-order valence-corrected chi connectivity index (χ4v) is 1.57. The summed E-state index contributed by atoms with van der Waals surface area (Å²) in [4.78, 5) is 32.8. The number of Topliss-reactive ketones (excluding diaryl/α,β-unsaturated/α-hetero) is 1. The van der Waals surface area contributed by atoms with Gasteiger partial charge in [-0.05, 0) is 31.0 Å². The Bertz CT molecular complexity index is 535. The van der Waals surface area contributed by atoms with E-state index in [-0.39, 0.29) is 42.3 Å². The summed E-state index contributed by atoms with van der Waals surface area (Å²) in [5.74, 6) is -1.43. The van der Waals surface area contributed by atoms with Crippen LogP contribution in [0.15, 0.2) is 24.3 Å². The van der Waals surface area contributed by atoms with Crippen LogP contribution in [0.2, 0.25) is 0 Å². The van der Waals surface area contributed by atoms with Crippen molar-refractivity contribution in [3.63, 3.8) is 0 Å². The van der Waals surface area contributed by atoms with Gasteiger partial charge < -0.3 is 33.9 Å². The van der Waals surface area contributed by atoms with Crippen molar-refractivity contribution < 1.29 is 41.4 Å². The number of benzene rings is 1. The van der Waals surface area contributed by atoms with E-state index in [1.165, 1.54) is 6.92 Å². The Morgan fingerprint density at radius 2 is 1.62 bits per heavy atom. The van der Waals surface area contributed by atoms with Crippen LogP contribution < -0.4 is 11.1 Å². The van der Waals surface area contributed by atoms with Crippen molar-refractivity contribution in [3.8, 4) is 0 Å². The van der Waals surface area contributed by atoms with Gasteiger partial charge >= 0.3 is 41.3 Å². The summed E-state index contributed by atoms with van der Waals surface area (Å²) < 4.78 is 0. The standard InChI is InChI=1S/C14H18N2O4.2ClH.2H2N.H2O.Pt/c1-9(17)12(15)8-10-2-4-11(5-3-10)16-13(18)6-7-14(19)20;;;;;;/h2-5,12H,6-8,15H2,1H3,(H,16,18)(H,19,20);2*1H;3*1H2;/q;;;2*-1;;+4/p-2/t12-;;;;;;/m0....../s1. The van der Waals surface area contributed by atoms with E-state index in [2.05, 4.69) is 5.32 Å². The second-order valence-corrected chi connectivity index (χ2v) is 7.89. The maximum Gasteiger partial charge on any atom is -0.693 e. The van der Waals surface area contributed by atoms with Crippen molar-refractivity contribution in [2.45, 2.75) is 32.2 Å². The Hall–Kier alpha value is -1.06. The number of nitrogens with one attached hydrogen (secondary N) is 1. The molecule has 0 aliphatic rings. The molecule has 10 N–H and O–H groups in total. The van der Waals surface area contributed by atoms with Crippen LogP contribution in [0.4, 0.5) is 5.69 Å². The number of rotatable bonds is 7. The van der Waals surface area contributed by atoms with Gasteiger partial charge in [-0.2, -0.15) is 0 Å². The molecule has 12 heteroatoms. The van der Waals surface area contributed by atoms with Crippen LogP contribution >= 0.6 is 18.8 Å². The van der Waals surface area contributed by atoms with E-state index in [4.69, 9.17) is 29.7 Å². The number of carboxylic acid groups (broad SMARTS) is 1. The number of hydrogen-bond acceptors (Lipinski definition) is 4. The van der Waals surface area contributed by atoms with Crippen molar-refractivity contribution in [3.05, 3.63) is 42.1 Å². The predicted molar refractivity (Wildman–Crippen MR) is 100 cm³/mol. The molecule has 154 valence electrons. The maximum atomic E-state index is 11.4. The minimum atomic E-state index is -1.01. The van der Waals surface area contributed by atoms with Gasteiger partial charge in [-0.25, -0.2) is 0 Å². The third kappa shape index (κ3) is 16.4. The zero-order chi connectivity index (χ0) is 17.8. The summed E-state index contributed by atoms with van der Waals surface area (Å²) in [6, 6.07) is 6.42. The normalized spacial score (nSPS) is 9.85. The molecule has 0 fully saturated rings. The molecular weight excluding hydrogens is 570 g/mol. The SMILES string of the molecule is CC(=O)[C@@H](N)Cc1ccc(NC(=O)CCC(=O)O)cc1.O.[Cl][Pt+2][Cl].[NH2-].[NH2-]. The minimum Gasteiger partial charge on any atom is -0.693 e. The molecule has 0 aliphatic carbocycles. The van der Waals surface area contributed by atoms with Gasteiger partial charge in [0.15, 0.2) is 0 Å². The molecule has 0 bridgehead atoms. The van der Waals surface area contributed by atoms with Crippen LogP contribution in [-0.2, 0) is 37.3 Å². The van der Waals surface area contributed by atoms with Crippen molar-refractivity contribution in [1.82, 2.24) is 0 Å². The molecule has 0 spiro atoms. The number of aliphatic carboxylic acids is 1. The van der Waals surface area contributed by atoms with Gasteiger partial charge in [0.25, 0.3) is 0 Å². The number of halogens is 2. The molecule has 0 aliphatic heterocycles. The maximum absolute atomic E-state index is 11.4. The minimum absolute atomic E-state index is 0. The molecule has 0 saturated heterocycles. The largest absolute Gasteiger partial charge is 0.693 e. The Kier molecular flexibility index (Phi) is 23.5. The number of nitrogens with two attached hydrogens (primary N) is 3. The Morgan fingerprint density at radius 3 is 2.00 bits per heavy atom. The number of hydrogen-bond donors (Lipinski definition) is 3. The third-order valence-electron chi connectivity index (χ3n) is 2.78. The van der Waals surface area contributed by atoms with Crippen molar-refractivity contribution >= 4 is 42.2 Å².